The molecule has 3 amide bonds. The minimum atomic E-state index is -0.463. The first-order valence-electron chi connectivity index (χ1n) is 4.46. The van der Waals surface area contributed by atoms with Crippen molar-refractivity contribution in [2.75, 3.05) is 11.4 Å². The number of anilines is 1. The summed E-state index contributed by atoms with van der Waals surface area (Å²) in [6, 6.07) is 3.47. The van der Waals surface area contributed by atoms with Crippen molar-refractivity contribution in [2.45, 2.75) is 6.92 Å². The summed E-state index contributed by atoms with van der Waals surface area (Å²) in [4.78, 5) is 23.7. The molecule has 15 heavy (non-hydrogen) atoms. The van der Waals surface area contributed by atoms with Gasteiger partial charge in [-0.05, 0) is 30.7 Å². The van der Waals surface area contributed by atoms with E-state index in [-0.39, 0.29) is 18.3 Å². The number of hydrogen-bond acceptors (Lipinski definition) is 2. The van der Waals surface area contributed by atoms with Gasteiger partial charge in [0.25, 0.3) is 5.91 Å². The number of carbonyl (C=O) groups is 2. The lowest BCUT2D eigenvalue weighted by Gasteiger charge is -2.14. The Bertz CT molecular complexity index is 429. The third kappa shape index (κ3) is 1.56. The maximum Gasteiger partial charge on any atom is 0.329 e. The van der Waals surface area contributed by atoms with Gasteiger partial charge < -0.3 is 5.32 Å². The third-order valence-corrected chi connectivity index (χ3v) is 2.24. The van der Waals surface area contributed by atoms with Crippen molar-refractivity contribution < 1.29 is 14.0 Å². The Morgan fingerprint density at radius 3 is 2.67 bits per heavy atom. The van der Waals surface area contributed by atoms with Crippen LogP contribution >= 0.6 is 0 Å². The molecule has 0 radical (unpaired) electrons. The summed E-state index contributed by atoms with van der Waals surface area (Å²) in [6.07, 6.45) is 0. The average Bonchev–Trinajstić information content (AvgIpc) is 2.48. The number of halogens is 1. The summed E-state index contributed by atoms with van der Waals surface area (Å²) >= 11 is 0. The molecule has 1 aromatic carbocycles. The quantitative estimate of drug-likeness (QED) is 0.705. The van der Waals surface area contributed by atoms with Crippen LogP contribution in [0.2, 0.25) is 0 Å². The summed E-state index contributed by atoms with van der Waals surface area (Å²) in [7, 11) is 0. The van der Waals surface area contributed by atoms with Crippen LogP contribution in [0.4, 0.5) is 14.9 Å². The lowest BCUT2D eigenvalue weighted by atomic mass is 10.2. The first-order valence-corrected chi connectivity index (χ1v) is 4.46. The van der Waals surface area contributed by atoms with E-state index in [2.05, 4.69) is 5.32 Å². The smallest absolute Gasteiger partial charge is 0.328 e. The lowest BCUT2D eigenvalue weighted by molar-refractivity contribution is -0.115. The van der Waals surface area contributed by atoms with E-state index >= 15 is 0 Å². The number of urea groups is 1. The molecule has 0 saturated carbocycles. The van der Waals surface area contributed by atoms with Gasteiger partial charge in [0.05, 0.1) is 12.2 Å². The Labute approximate surface area is 85.7 Å². The van der Waals surface area contributed by atoms with Crippen LogP contribution in [-0.2, 0) is 4.79 Å². The molecular formula is C10H9FN2O2. The first-order chi connectivity index (χ1) is 7.09. The second-order valence-electron chi connectivity index (χ2n) is 3.32. The van der Waals surface area contributed by atoms with E-state index in [9.17, 15) is 14.0 Å². The van der Waals surface area contributed by atoms with Crippen molar-refractivity contribution in [3.8, 4) is 0 Å². The van der Waals surface area contributed by atoms with Gasteiger partial charge >= 0.3 is 6.03 Å². The molecule has 78 valence electrons. The molecule has 2 rings (SSSR count). The highest BCUT2D eigenvalue weighted by Crippen LogP contribution is 2.22. The van der Waals surface area contributed by atoms with Crippen molar-refractivity contribution in [3.63, 3.8) is 0 Å². The fraction of sp³-hybridized carbons (Fsp3) is 0.200. The molecule has 0 bridgehead atoms. The van der Waals surface area contributed by atoms with E-state index in [1.54, 1.807) is 6.92 Å². The number of imide groups is 1. The van der Waals surface area contributed by atoms with Crippen molar-refractivity contribution in [3.05, 3.63) is 29.6 Å². The van der Waals surface area contributed by atoms with E-state index in [1.807, 2.05) is 0 Å². The van der Waals surface area contributed by atoms with Gasteiger partial charge in [0.1, 0.15) is 5.82 Å². The van der Waals surface area contributed by atoms with Crippen molar-refractivity contribution in [2.24, 2.45) is 0 Å². The van der Waals surface area contributed by atoms with Crippen molar-refractivity contribution in [1.29, 1.82) is 0 Å². The van der Waals surface area contributed by atoms with Gasteiger partial charge in [-0.15, -0.1) is 0 Å². The molecule has 1 aliphatic heterocycles. The zero-order valence-corrected chi connectivity index (χ0v) is 8.08. The number of benzene rings is 1. The minimum Gasteiger partial charge on any atom is -0.328 e. The van der Waals surface area contributed by atoms with Crippen LogP contribution in [-0.4, -0.2) is 18.5 Å². The zero-order chi connectivity index (χ0) is 11.0. The Balaban J connectivity index is 2.45. The summed E-state index contributed by atoms with van der Waals surface area (Å²) < 4.78 is 12.8. The van der Waals surface area contributed by atoms with E-state index in [1.165, 1.54) is 18.2 Å². The van der Waals surface area contributed by atoms with Crippen LogP contribution in [0.1, 0.15) is 5.56 Å². The number of rotatable bonds is 1. The SMILES string of the molecule is Cc1cc(F)ccc1N1C(=O)CNC1=O. The Morgan fingerprint density at radius 2 is 2.13 bits per heavy atom. The predicted molar refractivity (Wildman–Crippen MR) is 52.0 cm³/mol. The number of nitrogens with one attached hydrogen (secondary N) is 1. The average molecular weight is 208 g/mol. The normalized spacial score (nSPS) is 15.7. The van der Waals surface area contributed by atoms with Crippen LogP contribution in [0, 0.1) is 12.7 Å². The monoisotopic (exact) mass is 208 g/mol. The second kappa shape index (κ2) is 3.34. The highest BCUT2D eigenvalue weighted by molar-refractivity contribution is 6.20. The van der Waals surface area contributed by atoms with Gasteiger partial charge in [-0.25, -0.2) is 14.1 Å². The third-order valence-electron chi connectivity index (χ3n) is 2.24. The first kappa shape index (κ1) is 9.64. The zero-order valence-electron chi connectivity index (χ0n) is 8.08. The van der Waals surface area contributed by atoms with E-state index in [0.29, 0.717) is 11.3 Å². The van der Waals surface area contributed by atoms with Crippen LogP contribution < -0.4 is 10.2 Å². The van der Waals surface area contributed by atoms with Gasteiger partial charge in [-0.1, -0.05) is 0 Å². The molecule has 0 spiro atoms. The number of amides is 3. The molecular weight excluding hydrogens is 199 g/mol. The lowest BCUT2D eigenvalue weighted by Crippen LogP contribution is -2.31. The fourth-order valence-electron chi connectivity index (χ4n) is 1.54. The standard InChI is InChI=1S/C10H9FN2O2/c1-6-4-7(11)2-3-8(6)13-9(14)5-12-10(13)15/h2-4H,5H2,1H3,(H,12,15). The maximum atomic E-state index is 12.8. The second-order valence-corrected chi connectivity index (χ2v) is 3.32. The Kier molecular flexibility index (Phi) is 2.15. The van der Waals surface area contributed by atoms with E-state index < -0.39 is 6.03 Å². The highest BCUT2D eigenvalue weighted by Gasteiger charge is 2.30. The molecule has 0 aliphatic carbocycles. The molecule has 1 heterocycles. The highest BCUT2D eigenvalue weighted by atomic mass is 19.1. The number of carbonyl (C=O) groups excluding carboxylic acids is 2. The molecule has 0 atom stereocenters. The number of aryl methyl sites for hydroxylation is 1. The topological polar surface area (TPSA) is 49.4 Å². The summed E-state index contributed by atoms with van der Waals surface area (Å²) in [5.74, 6) is -0.710. The molecule has 5 heteroatoms. The molecule has 0 unspecified atom stereocenters. The summed E-state index contributed by atoms with van der Waals surface area (Å²) in [6.45, 7) is 1.65. The predicted octanol–water partition coefficient (Wildman–Crippen LogP) is 1.19. The largest absolute Gasteiger partial charge is 0.329 e. The van der Waals surface area contributed by atoms with E-state index in [0.717, 1.165) is 4.90 Å². The van der Waals surface area contributed by atoms with E-state index in [4.69, 9.17) is 0 Å². The number of hydrogen-bond donors (Lipinski definition) is 1. The molecule has 1 aromatic rings. The minimum absolute atomic E-state index is 0.00432. The van der Waals surface area contributed by atoms with Crippen LogP contribution in [0.15, 0.2) is 18.2 Å². The van der Waals surface area contributed by atoms with Gasteiger partial charge in [-0.3, -0.25) is 4.79 Å². The molecule has 1 N–H and O–H groups in total. The van der Waals surface area contributed by atoms with Gasteiger partial charge in [0.15, 0.2) is 0 Å². The molecule has 1 saturated heterocycles. The Morgan fingerprint density at radius 1 is 1.40 bits per heavy atom. The van der Waals surface area contributed by atoms with Crippen LogP contribution in [0.3, 0.4) is 0 Å². The van der Waals surface area contributed by atoms with Crippen molar-refractivity contribution >= 4 is 17.6 Å². The summed E-state index contributed by atoms with van der Waals surface area (Å²) in [5, 5.41) is 2.40. The van der Waals surface area contributed by atoms with Crippen LogP contribution in [0.25, 0.3) is 0 Å². The van der Waals surface area contributed by atoms with Gasteiger partial charge in [0.2, 0.25) is 0 Å². The van der Waals surface area contributed by atoms with Crippen molar-refractivity contribution in [1.82, 2.24) is 5.32 Å². The molecule has 1 aliphatic rings. The van der Waals surface area contributed by atoms with Gasteiger partial charge in [0, 0.05) is 0 Å². The summed E-state index contributed by atoms with van der Waals surface area (Å²) in [5.41, 5.74) is 0.983. The Hall–Kier alpha value is -1.91. The molecule has 0 aromatic heterocycles. The molecule has 4 nitrogen and oxygen atoms in total. The maximum absolute atomic E-state index is 12.8. The fourth-order valence-corrected chi connectivity index (χ4v) is 1.54. The van der Waals surface area contributed by atoms with Gasteiger partial charge in [-0.2, -0.15) is 0 Å². The van der Waals surface area contributed by atoms with Crippen LogP contribution in [0.5, 0.6) is 0 Å². The number of nitrogens with zero attached hydrogens (tertiary/aromatic N) is 1. The molecule has 1 fully saturated rings.